The smallest absolute Gasteiger partial charge is 0.360 e. The number of methoxy groups -OCH3 is 1. The van der Waals surface area contributed by atoms with E-state index in [-0.39, 0.29) is 16.4 Å². The maximum Gasteiger partial charge on any atom is 0.360 e. The summed E-state index contributed by atoms with van der Waals surface area (Å²) >= 11 is 7.27. The molecule has 0 atom stereocenters. The topological polar surface area (TPSA) is 86.1 Å². The van der Waals surface area contributed by atoms with Crippen LogP contribution in [0.5, 0.6) is 0 Å². The van der Waals surface area contributed by atoms with E-state index in [2.05, 4.69) is 20.3 Å². The Morgan fingerprint density at radius 3 is 2.91 bits per heavy atom. The van der Waals surface area contributed by atoms with E-state index >= 15 is 0 Å². The van der Waals surface area contributed by atoms with Crippen LogP contribution < -0.4 is 10.9 Å². The van der Waals surface area contributed by atoms with Crippen LogP contribution in [0, 0.1) is 0 Å². The Bertz CT molecular complexity index is 966. The minimum atomic E-state index is -0.649. The first-order valence-electron chi connectivity index (χ1n) is 6.46. The van der Waals surface area contributed by atoms with Gasteiger partial charge in [-0.2, -0.15) is 0 Å². The Kier molecular flexibility index (Phi) is 4.01. The maximum atomic E-state index is 12.3. The van der Waals surface area contributed by atoms with Crippen LogP contribution >= 0.6 is 22.9 Å². The number of ether oxygens (including phenoxy) is 1. The molecule has 0 fully saturated rings. The van der Waals surface area contributed by atoms with Gasteiger partial charge in [0.1, 0.15) is 0 Å². The minimum Gasteiger partial charge on any atom is -0.464 e. The third-order valence-electron chi connectivity index (χ3n) is 3.22. The number of fused-ring (bicyclic) bond motifs is 1. The number of anilines is 2. The van der Waals surface area contributed by atoms with Gasteiger partial charge in [0.2, 0.25) is 0 Å². The Hall–Kier alpha value is -2.45. The number of nitrogens with zero attached hydrogens (tertiary/aromatic N) is 3. The van der Waals surface area contributed by atoms with Gasteiger partial charge in [-0.3, -0.25) is 4.79 Å². The molecule has 9 heteroatoms. The molecule has 1 N–H and O–H groups in total. The Morgan fingerprint density at radius 1 is 1.39 bits per heavy atom. The highest BCUT2D eigenvalue weighted by molar-refractivity contribution is 7.17. The molecule has 0 aliphatic rings. The number of carbonyl (C=O) groups excluding carboxylic acids is 1. The minimum absolute atomic E-state index is 0.0102. The summed E-state index contributed by atoms with van der Waals surface area (Å²) in [5.41, 5.74) is 0.742. The molecule has 0 saturated carbocycles. The summed E-state index contributed by atoms with van der Waals surface area (Å²) in [4.78, 5) is 24.1. The van der Waals surface area contributed by atoms with Crippen LogP contribution in [0.2, 0.25) is 5.15 Å². The van der Waals surface area contributed by atoms with Crippen LogP contribution in [0.1, 0.15) is 10.5 Å². The van der Waals surface area contributed by atoms with E-state index in [1.54, 1.807) is 18.6 Å². The summed E-state index contributed by atoms with van der Waals surface area (Å²) < 4.78 is 7.00. The lowest BCUT2D eigenvalue weighted by atomic mass is 10.2. The van der Waals surface area contributed by atoms with E-state index in [9.17, 15) is 9.59 Å². The number of halogens is 1. The molecule has 0 radical (unpaired) electrons. The second-order valence-electron chi connectivity index (χ2n) is 4.67. The summed E-state index contributed by atoms with van der Waals surface area (Å²) in [7, 11) is 2.92. The van der Waals surface area contributed by atoms with Crippen molar-refractivity contribution in [1.82, 2.24) is 14.8 Å². The van der Waals surface area contributed by atoms with E-state index in [1.807, 2.05) is 6.07 Å². The van der Waals surface area contributed by atoms with Crippen LogP contribution in [0.4, 0.5) is 11.4 Å². The Labute approximate surface area is 139 Å². The van der Waals surface area contributed by atoms with Gasteiger partial charge in [-0.05, 0) is 6.07 Å². The fourth-order valence-electron chi connectivity index (χ4n) is 2.09. The number of hydrogen-bond acceptors (Lipinski definition) is 7. The Balaban J connectivity index is 2.13. The first kappa shape index (κ1) is 15.4. The number of carbonyl (C=O) groups is 1. The van der Waals surface area contributed by atoms with E-state index in [1.165, 1.54) is 29.1 Å². The molecule has 3 heterocycles. The van der Waals surface area contributed by atoms with Gasteiger partial charge >= 0.3 is 5.97 Å². The third-order valence-corrected chi connectivity index (χ3v) is 4.35. The molecule has 0 aliphatic heterocycles. The monoisotopic (exact) mass is 350 g/mol. The average Bonchev–Trinajstić information content (AvgIpc) is 2.94. The molecule has 0 unspecified atom stereocenters. The lowest BCUT2D eigenvalue weighted by molar-refractivity contribution is 0.0594. The van der Waals surface area contributed by atoms with Gasteiger partial charge in [-0.1, -0.05) is 11.6 Å². The predicted molar refractivity (Wildman–Crippen MR) is 88.7 cm³/mol. The second kappa shape index (κ2) is 5.98. The number of esters is 1. The van der Waals surface area contributed by atoms with Crippen LogP contribution in [-0.2, 0) is 11.8 Å². The van der Waals surface area contributed by atoms with Gasteiger partial charge in [-0.15, -0.1) is 21.5 Å². The molecule has 0 amide bonds. The lowest BCUT2D eigenvalue weighted by Crippen LogP contribution is -2.16. The molecule has 0 saturated heterocycles. The summed E-state index contributed by atoms with van der Waals surface area (Å²) in [6.07, 6.45) is 1.70. The summed E-state index contributed by atoms with van der Waals surface area (Å²) in [5, 5.41) is 12.9. The normalized spacial score (nSPS) is 10.7. The van der Waals surface area contributed by atoms with Crippen LogP contribution in [0.3, 0.4) is 0 Å². The summed E-state index contributed by atoms with van der Waals surface area (Å²) in [5.74, 6) is -0.649. The number of hydrogen-bond donors (Lipinski definition) is 1. The van der Waals surface area contributed by atoms with Crippen molar-refractivity contribution in [2.24, 2.45) is 7.05 Å². The number of thiophene rings is 1. The van der Waals surface area contributed by atoms with Gasteiger partial charge in [0.15, 0.2) is 10.8 Å². The van der Waals surface area contributed by atoms with Crippen molar-refractivity contribution < 1.29 is 9.53 Å². The number of nitrogens with one attached hydrogen (secondary N) is 1. The largest absolute Gasteiger partial charge is 0.464 e. The Morgan fingerprint density at radius 2 is 2.17 bits per heavy atom. The summed E-state index contributed by atoms with van der Waals surface area (Å²) in [6, 6.07) is 3.31. The van der Waals surface area contributed by atoms with E-state index < -0.39 is 5.97 Å². The fraction of sp³-hybridized carbons (Fsp3) is 0.143. The zero-order chi connectivity index (χ0) is 16.6. The van der Waals surface area contributed by atoms with E-state index in [0.29, 0.717) is 16.8 Å². The van der Waals surface area contributed by atoms with Crippen LogP contribution in [0.25, 0.3) is 10.1 Å². The number of pyridine rings is 1. The van der Waals surface area contributed by atoms with E-state index in [4.69, 9.17) is 11.6 Å². The second-order valence-corrected chi connectivity index (χ2v) is 5.96. The summed E-state index contributed by atoms with van der Waals surface area (Å²) in [6.45, 7) is 0. The first-order chi connectivity index (χ1) is 11.0. The van der Waals surface area contributed by atoms with Gasteiger partial charge in [-0.25, -0.2) is 4.79 Å². The standard InChI is InChI=1S/C14H11ClN4O3S/c1-19-4-3-9-11(13(19)20)8(6-23-9)16-7-5-10(15)17-18-12(7)14(21)22-2/h3-6H,1-2H3,(H,16,17). The predicted octanol–water partition coefficient (Wildman–Crippen LogP) is 2.57. The van der Waals surface area contributed by atoms with Crippen molar-refractivity contribution >= 4 is 50.4 Å². The van der Waals surface area contributed by atoms with Gasteiger partial charge < -0.3 is 14.6 Å². The molecular weight excluding hydrogens is 340 g/mol. The molecule has 0 aromatic carbocycles. The van der Waals surface area contributed by atoms with Crippen molar-refractivity contribution in [2.45, 2.75) is 0 Å². The molecule has 3 aromatic rings. The highest BCUT2D eigenvalue weighted by atomic mass is 35.5. The molecule has 118 valence electrons. The highest BCUT2D eigenvalue weighted by Gasteiger charge is 2.18. The van der Waals surface area contributed by atoms with Crippen molar-refractivity contribution in [3.8, 4) is 0 Å². The lowest BCUT2D eigenvalue weighted by Gasteiger charge is -2.09. The van der Waals surface area contributed by atoms with E-state index in [0.717, 1.165) is 4.70 Å². The molecule has 7 nitrogen and oxygen atoms in total. The zero-order valence-electron chi connectivity index (χ0n) is 12.2. The molecular formula is C14H11ClN4O3S. The van der Waals surface area contributed by atoms with Crippen LogP contribution in [0.15, 0.2) is 28.5 Å². The number of rotatable bonds is 3. The third kappa shape index (κ3) is 2.78. The van der Waals surface area contributed by atoms with Gasteiger partial charge in [0.25, 0.3) is 5.56 Å². The highest BCUT2D eigenvalue weighted by Crippen LogP contribution is 2.31. The molecule has 0 spiro atoms. The maximum absolute atomic E-state index is 12.3. The van der Waals surface area contributed by atoms with Crippen molar-refractivity contribution in [3.05, 3.63) is 44.9 Å². The van der Waals surface area contributed by atoms with Gasteiger partial charge in [0, 0.05) is 29.4 Å². The number of aryl methyl sites for hydroxylation is 1. The quantitative estimate of drug-likeness (QED) is 0.731. The molecule has 0 bridgehead atoms. The number of aromatic nitrogens is 3. The average molecular weight is 351 g/mol. The van der Waals surface area contributed by atoms with Crippen molar-refractivity contribution in [2.75, 3.05) is 12.4 Å². The molecule has 3 rings (SSSR count). The van der Waals surface area contributed by atoms with Crippen LogP contribution in [-0.4, -0.2) is 27.8 Å². The zero-order valence-corrected chi connectivity index (χ0v) is 13.7. The fourth-order valence-corrected chi connectivity index (χ4v) is 3.11. The molecule has 0 aliphatic carbocycles. The molecule has 3 aromatic heterocycles. The van der Waals surface area contributed by atoms with Gasteiger partial charge in [0.05, 0.1) is 23.9 Å². The first-order valence-corrected chi connectivity index (χ1v) is 7.72. The molecule has 23 heavy (non-hydrogen) atoms. The van der Waals surface area contributed by atoms with Crippen molar-refractivity contribution in [1.29, 1.82) is 0 Å². The van der Waals surface area contributed by atoms with Crippen molar-refractivity contribution in [3.63, 3.8) is 0 Å². The SMILES string of the molecule is COC(=O)c1nnc(Cl)cc1Nc1csc2ccn(C)c(=O)c12.